The van der Waals surface area contributed by atoms with Gasteiger partial charge in [0, 0.05) is 49.2 Å². The molecule has 1 saturated heterocycles. The smallest absolute Gasteiger partial charge is 0.150 e. The van der Waals surface area contributed by atoms with Gasteiger partial charge in [0.05, 0.1) is 22.4 Å². The third-order valence-corrected chi connectivity index (χ3v) is 7.20. The summed E-state index contributed by atoms with van der Waals surface area (Å²) in [5.41, 5.74) is 4.59. The van der Waals surface area contributed by atoms with Crippen LogP contribution in [0.5, 0.6) is 0 Å². The van der Waals surface area contributed by atoms with E-state index in [9.17, 15) is 0 Å². The van der Waals surface area contributed by atoms with Crippen molar-refractivity contribution in [3.05, 3.63) is 23.1 Å². The summed E-state index contributed by atoms with van der Waals surface area (Å²) in [6.45, 7) is 14.6. The van der Waals surface area contributed by atoms with Crippen molar-refractivity contribution in [2.45, 2.75) is 46.3 Å². The molecule has 2 aliphatic heterocycles. The van der Waals surface area contributed by atoms with Crippen molar-refractivity contribution in [1.29, 1.82) is 0 Å². The molecule has 0 amide bonds. The first-order valence-corrected chi connectivity index (χ1v) is 11.0. The van der Waals surface area contributed by atoms with Crippen molar-refractivity contribution in [2.75, 3.05) is 37.6 Å². The lowest BCUT2D eigenvalue weighted by atomic mass is 9.89. The third-order valence-electron chi connectivity index (χ3n) is 6.14. The zero-order valence-electron chi connectivity index (χ0n) is 17.1. The number of likely N-dealkylation sites (N-methyl/N-ethyl adjacent to an activating group) is 1. The predicted molar refractivity (Wildman–Crippen MR) is 114 cm³/mol. The van der Waals surface area contributed by atoms with Crippen molar-refractivity contribution in [3.8, 4) is 0 Å². The molecular formula is C21H27N5OS. The molecule has 0 bridgehead atoms. The lowest BCUT2D eigenvalue weighted by molar-refractivity contribution is -0.0400. The van der Waals surface area contributed by atoms with E-state index in [-0.39, 0.29) is 5.60 Å². The molecule has 5 rings (SSSR count). The number of anilines is 1. The maximum atomic E-state index is 6.07. The Labute approximate surface area is 169 Å². The fraction of sp³-hybridized carbons (Fsp3) is 0.571. The molecule has 0 radical (unpaired) electrons. The molecule has 148 valence electrons. The number of aryl methyl sites for hydroxylation is 1. The Bertz CT molecular complexity index is 1050. The van der Waals surface area contributed by atoms with E-state index >= 15 is 0 Å². The van der Waals surface area contributed by atoms with Crippen molar-refractivity contribution in [1.82, 2.24) is 19.9 Å². The molecule has 28 heavy (non-hydrogen) atoms. The summed E-state index contributed by atoms with van der Waals surface area (Å²) in [6, 6.07) is 0. The van der Waals surface area contributed by atoms with E-state index in [0.29, 0.717) is 6.61 Å². The second kappa shape index (κ2) is 6.61. The molecule has 0 spiro atoms. The zero-order chi connectivity index (χ0) is 19.5. The Morgan fingerprint density at radius 1 is 1.14 bits per heavy atom. The number of pyridine rings is 1. The largest absolute Gasteiger partial charge is 0.370 e. The maximum absolute atomic E-state index is 6.07. The highest BCUT2D eigenvalue weighted by Gasteiger charge is 2.31. The van der Waals surface area contributed by atoms with Crippen LogP contribution in [0, 0.1) is 6.92 Å². The average molecular weight is 398 g/mol. The summed E-state index contributed by atoms with van der Waals surface area (Å²) in [5.74, 6) is 1.07. The summed E-state index contributed by atoms with van der Waals surface area (Å²) >= 11 is 1.74. The lowest BCUT2D eigenvalue weighted by Crippen LogP contribution is -2.46. The van der Waals surface area contributed by atoms with Crippen molar-refractivity contribution in [3.63, 3.8) is 0 Å². The van der Waals surface area contributed by atoms with Gasteiger partial charge < -0.3 is 14.5 Å². The van der Waals surface area contributed by atoms with Gasteiger partial charge in [-0.2, -0.15) is 0 Å². The topological polar surface area (TPSA) is 54.4 Å². The Morgan fingerprint density at radius 2 is 1.93 bits per heavy atom. The van der Waals surface area contributed by atoms with Crippen LogP contribution < -0.4 is 4.90 Å². The summed E-state index contributed by atoms with van der Waals surface area (Å²) in [4.78, 5) is 20.3. The van der Waals surface area contributed by atoms with Crippen LogP contribution in [0.25, 0.3) is 20.4 Å². The highest BCUT2D eigenvalue weighted by molar-refractivity contribution is 7.26. The van der Waals surface area contributed by atoms with E-state index in [1.165, 1.54) is 21.2 Å². The molecule has 0 unspecified atom stereocenters. The van der Waals surface area contributed by atoms with E-state index < -0.39 is 0 Å². The summed E-state index contributed by atoms with van der Waals surface area (Å²) < 4.78 is 7.24. The quantitative estimate of drug-likeness (QED) is 0.659. The minimum Gasteiger partial charge on any atom is -0.370 e. The number of piperazine rings is 1. The Kier molecular flexibility index (Phi) is 4.30. The molecule has 6 nitrogen and oxygen atoms in total. The van der Waals surface area contributed by atoms with Gasteiger partial charge >= 0.3 is 0 Å². The highest BCUT2D eigenvalue weighted by Crippen LogP contribution is 2.42. The van der Waals surface area contributed by atoms with Gasteiger partial charge in [-0.05, 0) is 32.9 Å². The van der Waals surface area contributed by atoms with Crippen LogP contribution in [0.15, 0.2) is 6.33 Å². The number of rotatable bonds is 2. The molecule has 3 aromatic heterocycles. The molecule has 0 saturated carbocycles. The second-order valence-corrected chi connectivity index (χ2v) is 9.46. The first kappa shape index (κ1) is 18.2. The van der Waals surface area contributed by atoms with Crippen LogP contribution in [0.3, 0.4) is 0 Å². The molecule has 0 N–H and O–H groups in total. The van der Waals surface area contributed by atoms with Gasteiger partial charge in [0.1, 0.15) is 17.0 Å². The first-order valence-electron chi connectivity index (χ1n) is 10.1. The SMILES string of the molecule is CCN1CCN(c2ncnc3c2sc2nc(C)c4c(c23)CC(C)(C)OC4)CC1. The van der Waals surface area contributed by atoms with Gasteiger partial charge in [0.15, 0.2) is 0 Å². The summed E-state index contributed by atoms with van der Waals surface area (Å²) in [7, 11) is 0. The van der Waals surface area contributed by atoms with Crippen LogP contribution >= 0.6 is 11.3 Å². The molecular weight excluding hydrogens is 370 g/mol. The summed E-state index contributed by atoms with van der Waals surface area (Å²) in [5, 5.41) is 1.22. The fourth-order valence-corrected chi connectivity index (χ4v) is 5.68. The van der Waals surface area contributed by atoms with Crippen molar-refractivity contribution in [2.24, 2.45) is 0 Å². The normalized spacial score (nSPS) is 20.1. The number of ether oxygens (including phenoxy) is 1. The van der Waals surface area contributed by atoms with E-state index in [4.69, 9.17) is 19.7 Å². The van der Waals surface area contributed by atoms with Crippen LogP contribution in [0.2, 0.25) is 0 Å². The Morgan fingerprint density at radius 3 is 2.68 bits per heavy atom. The van der Waals surface area contributed by atoms with Gasteiger partial charge in [-0.1, -0.05) is 6.92 Å². The molecule has 5 heterocycles. The van der Waals surface area contributed by atoms with E-state index in [0.717, 1.165) is 61.0 Å². The number of fused-ring (bicyclic) bond motifs is 5. The van der Waals surface area contributed by atoms with Crippen molar-refractivity contribution >= 4 is 37.6 Å². The average Bonchev–Trinajstić information content (AvgIpc) is 3.05. The Hall–Kier alpha value is -1.83. The van der Waals surface area contributed by atoms with Crippen molar-refractivity contribution < 1.29 is 4.74 Å². The molecule has 1 fully saturated rings. The van der Waals surface area contributed by atoms with Crippen LogP contribution in [0.1, 0.15) is 37.6 Å². The van der Waals surface area contributed by atoms with Crippen LogP contribution in [-0.4, -0.2) is 58.2 Å². The summed E-state index contributed by atoms with van der Waals surface area (Å²) in [6.07, 6.45) is 2.62. The van der Waals surface area contributed by atoms with E-state index in [2.05, 4.69) is 37.5 Å². The predicted octanol–water partition coefficient (Wildman–Crippen LogP) is 3.54. The molecule has 0 aromatic carbocycles. The fourth-order valence-electron chi connectivity index (χ4n) is 4.46. The molecule has 7 heteroatoms. The number of nitrogens with zero attached hydrogens (tertiary/aromatic N) is 5. The number of thiophene rings is 1. The molecule has 2 aliphatic rings. The molecule has 0 aliphatic carbocycles. The highest BCUT2D eigenvalue weighted by atomic mass is 32.1. The lowest BCUT2D eigenvalue weighted by Gasteiger charge is -2.34. The second-order valence-electron chi connectivity index (χ2n) is 8.46. The van der Waals surface area contributed by atoms with Gasteiger partial charge in [-0.15, -0.1) is 11.3 Å². The van der Waals surface area contributed by atoms with Gasteiger partial charge in [0.2, 0.25) is 0 Å². The van der Waals surface area contributed by atoms with E-state index in [1.807, 2.05) is 0 Å². The minimum atomic E-state index is -0.158. The van der Waals surface area contributed by atoms with Gasteiger partial charge in [0.25, 0.3) is 0 Å². The maximum Gasteiger partial charge on any atom is 0.150 e. The monoisotopic (exact) mass is 397 g/mol. The van der Waals surface area contributed by atoms with E-state index in [1.54, 1.807) is 17.7 Å². The standard InChI is InChI=1S/C21H27N5OS/c1-5-25-6-8-26(9-7-25)19-18-17(22-12-23-19)16-14-10-21(3,4)27-11-15(14)13(2)24-20(16)28-18/h12H,5-11H2,1-4H3. The third kappa shape index (κ3) is 2.88. The number of aromatic nitrogens is 3. The van der Waals surface area contributed by atoms with Crippen LogP contribution in [-0.2, 0) is 17.8 Å². The van der Waals surface area contributed by atoms with Gasteiger partial charge in [-0.3, -0.25) is 0 Å². The first-order chi connectivity index (χ1) is 13.5. The molecule has 0 atom stereocenters. The van der Waals surface area contributed by atoms with Crippen LogP contribution in [0.4, 0.5) is 5.82 Å². The zero-order valence-corrected chi connectivity index (χ0v) is 17.9. The molecule has 3 aromatic rings. The number of hydrogen-bond donors (Lipinski definition) is 0. The van der Waals surface area contributed by atoms with Gasteiger partial charge in [-0.25, -0.2) is 15.0 Å². The Balaban J connectivity index is 1.67. The number of hydrogen-bond acceptors (Lipinski definition) is 7. The minimum absolute atomic E-state index is 0.158.